The van der Waals surface area contributed by atoms with Crippen LogP contribution in [0.5, 0.6) is 0 Å². The number of hydrogen-bond donors (Lipinski definition) is 2. The highest BCUT2D eigenvalue weighted by molar-refractivity contribution is 5.63. The minimum atomic E-state index is -0.833. The first-order valence-corrected chi connectivity index (χ1v) is 8.08. The van der Waals surface area contributed by atoms with Crippen molar-refractivity contribution in [1.29, 1.82) is 0 Å². The van der Waals surface area contributed by atoms with Crippen molar-refractivity contribution in [3.8, 4) is 0 Å². The Bertz CT molecular complexity index is 736. The fraction of sp³-hybridized carbons (Fsp3) is 0.350. The van der Waals surface area contributed by atoms with Gasteiger partial charge in [0, 0.05) is 24.4 Å². The van der Waals surface area contributed by atoms with Crippen LogP contribution in [-0.2, 0) is 16.8 Å². The van der Waals surface area contributed by atoms with E-state index < -0.39 is 5.97 Å². The SMILES string of the molecule is CC(=O)O.CC1c2ccccc2CC2NC1(C)c1ccccc12. The summed E-state index contributed by atoms with van der Waals surface area (Å²) in [7, 11) is 0. The van der Waals surface area contributed by atoms with Crippen LogP contribution in [0.25, 0.3) is 0 Å². The van der Waals surface area contributed by atoms with Gasteiger partial charge in [-0.15, -0.1) is 0 Å². The van der Waals surface area contributed by atoms with E-state index in [1.807, 2.05) is 0 Å². The number of hydrogen-bond acceptors (Lipinski definition) is 2. The Morgan fingerprint density at radius 1 is 1.13 bits per heavy atom. The van der Waals surface area contributed by atoms with E-state index in [1.54, 1.807) is 0 Å². The van der Waals surface area contributed by atoms with Crippen molar-refractivity contribution in [1.82, 2.24) is 5.32 Å². The van der Waals surface area contributed by atoms with Gasteiger partial charge in [-0.25, -0.2) is 0 Å². The first-order valence-electron chi connectivity index (χ1n) is 8.08. The second-order valence-electron chi connectivity index (χ2n) is 6.63. The number of nitrogens with one attached hydrogen (secondary N) is 1. The number of carbonyl (C=O) groups is 1. The molecule has 23 heavy (non-hydrogen) atoms. The van der Waals surface area contributed by atoms with Gasteiger partial charge in [0.15, 0.2) is 0 Å². The van der Waals surface area contributed by atoms with E-state index in [4.69, 9.17) is 9.90 Å². The van der Waals surface area contributed by atoms with Gasteiger partial charge in [-0.05, 0) is 35.6 Å². The van der Waals surface area contributed by atoms with Gasteiger partial charge in [0.25, 0.3) is 5.97 Å². The Morgan fingerprint density at radius 2 is 1.70 bits per heavy atom. The Morgan fingerprint density at radius 3 is 2.39 bits per heavy atom. The molecule has 2 aromatic rings. The van der Waals surface area contributed by atoms with E-state index in [-0.39, 0.29) is 5.54 Å². The van der Waals surface area contributed by atoms with Crippen molar-refractivity contribution < 1.29 is 9.90 Å². The molecule has 3 nitrogen and oxygen atoms in total. The highest BCUT2D eigenvalue weighted by Gasteiger charge is 2.46. The van der Waals surface area contributed by atoms with Crippen LogP contribution in [0.1, 0.15) is 55.0 Å². The molecule has 0 aromatic heterocycles. The van der Waals surface area contributed by atoms with Gasteiger partial charge in [-0.1, -0.05) is 55.5 Å². The zero-order chi connectivity index (χ0) is 16.6. The Labute approximate surface area is 137 Å². The lowest BCUT2D eigenvalue weighted by molar-refractivity contribution is -0.134. The summed E-state index contributed by atoms with van der Waals surface area (Å²) in [5, 5.41) is 11.3. The number of rotatable bonds is 0. The standard InChI is InChI=1S/C18H19N.C2H4O2/c1-12-14-8-4-3-7-13(14)11-17-15-9-5-6-10-16(15)18(12,2)19-17;1-2(3)4/h3-10,12,17,19H,11H2,1-2H3;1H3,(H,3,4). The highest BCUT2D eigenvalue weighted by Crippen LogP contribution is 2.49. The minimum absolute atomic E-state index is 0.0634. The predicted octanol–water partition coefficient (Wildman–Crippen LogP) is 4.00. The molecule has 0 fully saturated rings. The number of carboxylic acid groups (broad SMARTS) is 1. The molecule has 2 aliphatic heterocycles. The molecule has 0 spiro atoms. The molecule has 2 aliphatic rings. The molecule has 3 atom stereocenters. The molecule has 0 radical (unpaired) electrons. The average molecular weight is 309 g/mol. The zero-order valence-electron chi connectivity index (χ0n) is 13.8. The predicted molar refractivity (Wildman–Crippen MR) is 91.5 cm³/mol. The number of fused-ring (bicyclic) bond motifs is 6. The topological polar surface area (TPSA) is 49.3 Å². The smallest absolute Gasteiger partial charge is 0.300 e. The molecule has 4 rings (SSSR count). The molecule has 0 saturated carbocycles. The van der Waals surface area contributed by atoms with Gasteiger partial charge >= 0.3 is 0 Å². The molecule has 3 unspecified atom stereocenters. The van der Waals surface area contributed by atoms with Crippen LogP contribution in [-0.4, -0.2) is 11.1 Å². The highest BCUT2D eigenvalue weighted by atomic mass is 16.4. The number of carboxylic acids is 1. The summed E-state index contributed by atoms with van der Waals surface area (Å²) in [6.07, 6.45) is 1.10. The van der Waals surface area contributed by atoms with E-state index in [0.29, 0.717) is 12.0 Å². The second-order valence-corrected chi connectivity index (χ2v) is 6.63. The maximum atomic E-state index is 9.00. The summed E-state index contributed by atoms with van der Waals surface area (Å²) in [6, 6.07) is 18.3. The van der Waals surface area contributed by atoms with Crippen LogP contribution < -0.4 is 5.32 Å². The molecule has 2 aromatic carbocycles. The molecular formula is C20H23NO2. The second kappa shape index (κ2) is 5.82. The van der Waals surface area contributed by atoms with Crippen LogP contribution in [0, 0.1) is 0 Å². The molecule has 120 valence electrons. The zero-order valence-corrected chi connectivity index (χ0v) is 13.8. The third-order valence-electron chi connectivity index (χ3n) is 5.18. The molecule has 2 N–H and O–H groups in total. The van der Waals surface area contributed by atoms with Crippen LogP contribution in [0.3, 0.4) is 0 Å². The fourth-order valence-electron chi connectivity index (χ4n) is 3.98. The minimum Gasteiger partial charge on any atom is -0.481 e. The lowest BCUT2D eigenvalue weighted by atomic mass is 9.75. The normalized spacial score (nSPS) is 27.1. The Hall–Kier alpha value is -2.13. The van der Waals surface area contributed by atoms with Gasteiger partial charge < -0.3 is 5.11 Å². The van der Waals surface area contributed by atoms with E-state index in [1.165, 1.54) is 22.3 Å². The van der Waals surface area contributed by atoms with Crippen molar-refractivity contribution in [3.63, 3.8) is 0 Å². The summed E-state index contributed by atoms with van der Waals surface area (Å²) >= 11 is 0. The third-order valence-corrected chi connectivity index (χ3v) is 5.18. The average Bonchev–Trinajstić information content (AvgIpc) is 2.74. The van der Waals surface area contributed by atoms with Crippen LogP contribution in [0.4, 0.5) is 0 Å². The molecule has 2 bridgehead atoms. The van der Waals surface area contributed by atoms with Gasteiger partial charge in [0.2, 0.25) is 0 Å². The molecule has 0 aliphatic carbocycles. The molecule has 2 heterocycles. The van der Waals surface area contributed by atoms with Crippen LogP contribution in [0.15, 0.2) is 48.5 Å². The summed E-state index contributed by atoms with van der Waals surface area (Å²) in [6.45, 7) is 5.80. The van der Waals surface area contributed by atoms with E-state index in [2.05, 4.69) is 67.7 Å². The fourth-order valence-corrected chi connectivity index (χ4v) is 3.98. The largest absolute Gasteiger partial charge is 0.481 e. The van der Waals surface area contributed by atoms with Crippen LogP contribution in [0.2, 0.25) is 0 Å². The number of benzene rings is 2. The third kappa shape index (κ3) is 2.66. The van der Waals surface area contributed by atoms with Gasteiger partial charge in [-0.2, -0.15) is 0 Å². The quantitative estimate of drug-likeness (QED) is 0.773. The summed E-state index contributed by atoms with van der Waals surface area (Å²) in [4.78, 5) is 9.00. The van der Waals surface area contributed by atoms with Crippen molar-refractivity contribution in [2.45, 2.75) is 44.7 Å². The van der Waals surface area contributed by atoms with E-state index in [9.17, 15) is 0 Å². The van der Waals surface area contributed by atoms with E-state index >= 15 is 0 Å². The first kappa shape index (κ1) is 15.8. The lowest BCUT2D eigenvalue weighted by Crippen LogP contribution is -2.38. The maximum absolute atomic E-state index is 9.00. The first-order chi connectivity index (χ1) is 10.9. The van der Waals surface area contributed by atoms with Crippen molar-refractivity contribution in [2.24, 2.45) is 0 Å². The number of aliphatic carboxylic acids is 1. The van der Waals surface area contributed by atoms with Crippen molar-refractivity contribution >= 4 is 5.97 Å². The van der Waals surface area contributed by atoms with Gasteiger partial charge in [-0.3, -0.25) is 10.1 Å². The van der Waals surface area contributed by atoms with Crippen molar-refractivity contribution in [2.75, 3.05) is 0 Å². The summed E-state index contributed by atoms with van der Waals surface area (Å²) in [5.74, 6) is -0.336. The summed E-state index contributed by atoms with van der Waals surface area (Å²) < 4.78 is 0. The Kier molecular flexibility index (Phi) is 3.99. The van der Waals surface area contributed by atoms with Crippen LogP contribution >= 0.6 is 0 Å². The lowest BCUT2D eigenvalue weighted by Gasteiger charge is -2.33. The maximum Gasteiger partial charge on any atom is 0.300 e. The van der Waals surface area contributed by atoms with Gasteiger partial charge in [0.05, 0.1) is 0 Å². The van der Waals surface area contributed by atoms with E-state index in [0.717, 1.165) is 13.3 Å². The van der Waals surface area contributed by atoms with Gasteiger partial charge in [0.1, 0.15) is 0 Å². The molecule has 0 amide bonds. The molecule has 3 heteroatoms. The van der Waals surface area contributed by atoms with Crippen molar-refractivity contribution in [3.05, 3.63) is 70.8 Å². The molecular weight excluding hydrogens is 286 g/mol. The monoisotopic (exact) mass is 309 g/mol. The summed E-state index contributed by atoms with van der Waals surface area (Å²) in [5.41, 5.74) is 6.06. The molecule has 0 saturated heterocycles. The Balaban J connectivity index is 0.000000354.